The van der Waals surface area contributed by atoms with Gasteiger partial charge in [0, 0.05) is 17.3 Å². The number of nitrogens with zero attached hydrogens (tertiary/aromatic N) is 1. The summed E-state index contributed by atoms with van der Waals surface area (Å²) in [7, 11) is 0. The van der Waals surface area contributed by atoms with Crippen LogP contribution in [0.25, 0.3) is 10.4 Å². The summed E-state index contributed by atoms with van der Waals surface area (Å²) in [6.07, 6.45) is 3.64. The minimum atomic E-state index is 1.18. The van der Waals surface area contributed by atoms with Gasteiger partial charge >= 0.3 is 0 Å². The normalized spacial score (nSPS) is 10.3. The Hall–Kier alpha value is -0.670. The highest BCUT2D eigenvalue weighted by Crippen LogP contribution is 2.34. The molecule has 2 heterocycles. The highest BCUT2D eigenvalue weighted by atomic mass is 79.9. The first kappa shape index (κ1) is 8.91. The minimum Gasteiger partial charge on any atom is -0.265 e. The first-order chi connectivity index (χ1) is 6.27. The largest absolute Gasteiger partial charge is 0.265 e. The molecule has 0 bridgehead atoms. The molecule has 0 aromatic carbocycles. The number of pyridine rings is 1. The number of hydrogen-bond acceptors (Lipinski definition) is 2. The molecular formula is C10H8BrNS. The Balaban J connectivity index is 2.53. The van der Waals surface area contributed by atoms with Gasteiger partial charge in [0.15, 0.2) is 0 Å². The fourth-order valence-electron chi connectivity index (χ4n) is 1.23. The average molecular weight is 254 g/mol. The van der Waals surface area contributed by atoms with Crippen LogP contribution < -0.4 is 0 Å². The minimum absolute atomic E-state index is 1.18. The molecule has 0 aliphatic rings. The zero-order chi connectivity index (χ0) is 9.26. The van der Waals surface area contributed by atoms with Crippen molar-refractivity contribution in [1.29, 1.82) is 0 Å². The van der Waals surface area contributed by atoms with Crippen LogP contribution >= 0.6 is 27.3 Å². The summed E-state index contributed by atoms with van der Waals surface area (Å²) in [5.74, 6) is 0. The van der Waals surface area contributed by atoms with Crippen LogP contribution in [0.3, 0.4) is 0 Å². The van der Waals surface area contributed by atoms with Crippen molar-refractivity contribution in [3.63, 3.8) is 0 Å². The Kier molecular flexibility index (Phi) is 2.47. The summed E-state index contributed by atoms with van der Waals surface area (Å²) in [5.41, 5.74) is 2.55. The van der Waals surface area contributed by atoms with Gasteiger partial charge in [-0.05, 0) is 52.2 Å². The lowest BCUT2D eigenvalue weighted by Gasteiger charge is -1.96. The van der Waals surface area contributed by atoms with E-state index in [0.29, 0.717) is 0 Å². The first-order valence-electron chi connectivity index (χ1n) is 3.93. The molecule has 1 nitrogen and oxygen atoms in total. The smallest absolute Gasteiger partial charge is 0.0707 e. The van der Waals surface area contributed by atoms with Crippen LogP contribution in [0.1, 0.15) is 5.56 Å². The van der Waals surface area contributed by atoms with Crippen LogP contribution in [0.2, 0.25) is 0 Å². The molecule has 0 amide bonds. The molecule has 2 aromatic rings. The standard InChI is InChI=1S/C10H8BrNS/c1-7-6-9(11)13-10(7)8-2-4-12-5-3-8/h2-6H,1H3. The van der Waals surface area contributed by atoms with E-state index in [-0.39, 0.29) is 0 Å². The summed E-state index contributed by atoms with van der Waals surface area (Å²) < 4.78 is 1.18. The highest BCUT2D eigenvalue weighted by Gasteiger charge is 2.05. The zero-order valence-electron chi connectivity index (χ0n) is 7.12. The second kappa shape index (κ2) is 3.60. The molecule has 13 heavy (non-hydrogen) atoms. The lowest BCUT2D eigenvalue weighted by Crippen LogP contribution is -1.75. The quantitative estimate of drug-likeness (QED) is 0.752. The van der Waals surface area contributed by atoms with Gasteiger partial charge in [-0.15, -0.1) is 11.3 Å². The summed E-state index contributed by atoms with van der Waals surface area (Å²) in [4.78, 5) is 5.31. The Morgan fingerprint density at radius 3 is 2.54 bits per heavy atom. The van der Waals surface area contributed by atoms with Crippen LogP contribution in [-0.4, -0.2) is 4.98 Å². The molecule has 0 atom stereocenters. The van der Waals surface area contributed by atoms with E-state index in [9.17, 15) is 0 Å². The Morgan fingerprint density at radius 2 is 2.00 bits per heavy atom. The lowest BCUT2D eigenvalue weighted by molar-refractivity contribution is 1.33. The number of aryl methyl sites for hydroxylation is 1. The Bertz CT molecular complexity index is 408. The number of halogens is 1. The zero-order valence-corrected chi connectivity index (χ0v) is 9.52. The second-order valence-electron chi connectivity index (χ2n) is 2.80. The third kappa shape index (κ3) is 1.81. The van der Waals surface area contributed by atoms with E-state index in [0.717, 1.165) is 0 Å². The van der Waals surface area contributed by atoms with Gasteiger partial charge in [-0.2, -0.15) is 0 Å². The van der Waals surface area contributed by atoms with E-state index in [4.69, 9.17) is 0 Å². The molecule has 0 N–H and O–H groups in total. The van der Waals surface area contributed by atoms with Gasteiger partial charge in [0.25, 0.3) is 0 Å². The van der Waals surface area contributed by atoms with Crippen molar-refractivity contribution in [2.45, 2.75) is 6.92 Å². The van der Waals surface area contributed by atoms with E-state index in [1.807, 2.05) is 24.5 Å². The van der Waals surface area contributed by atoms with Crippen molar-refractivity contribution >= 4 is 27.3 Å². The highest BCUT2D eigenvalue weighted by molar-refractivity contribution is 9.11. The van der Waals surface area contributed by atoms with Crippen molar-refractivity contribution in [3.05, 3.63) is 39.9 Å². The van der Waals surface area contributed by atoms with Gasteiger partial charge in [-0.25, -0.2) is 0 Å². The van der Waals surface area contributed by atoms with E-state index >= 15 is 0 Å². The first-order valence-corrected chi connectivity index (χ1v) is 5.54. The van der Waals surface area contributed by atoms with Crippen molar-refractivity contribution in [2.24, 2.45) is 0 Å². The van der Waals surface area contributed by atoms with Gasteiger partial charge < -0.3 is 0 Å². The predicted molar refractivity (Wildman–Crippen MR) is 60.0 cm³/mol. The molecule has 2 aromatic heterocycles. The van der Waals surface area contributed by atoms with Gasteiger partial charge in [0.2, 0.25) is 0 Å². The summed E-state index contributed by atoms with van der Waals surface area (Å²) in [5, 5.41) is 0. The third-order valence-corrected chi connectivity index (χ3v) is 3.62. The fraction of sp³-hybridized carbons (Fsp3) is 0.100. The molecule has 0 spiro atoms. The van der Waals surface area contributed by atoms with E-state index in [1.54, 1.807) is 11.3 Å². The van der Waals surface area contributed by atoms with Crippen molar-refractivity contribution in [1.82, 2.24) is 4.98 Å². The van der Waals surface area contributed by atoms with Crippen molar-refractivity contribution in [2.75, 3.05) is 0 Å². The van der Waals surface area contributed by atoms with Crippen LogP contribution in [0.15, 0.2) is 34.4 Å². The number of rotatable bonds is 1. The molecule has 0 aliphatic heterocycles. The maximum Gasteiger partial charge on any atom is 0.0707 e. The lowest BCUT2D eigenvalue weighted by atomic mass is 10.2. The predicted octanol–water partition coefficient (Wildman–Crippen LogP) is 3.88. The van der Waals surface area contributed by atoms with Crippen LogP contribution in [0.5, 0.6) is 0 Å². The Morgan fingerprint density at radius 1 is 1.31 bits per heavy atom. The number of thiophene rings is 1. The van der Waals surface area contributed by atoms with E-state index < -0.39 is 0 Å². The molecule has 3 heteroatoms. The summed E-state index contributed by atoms with van der Waals surface area (Å²) in [6.45, 7) is 2.12. The molecule has 2 rings (SSSR count). The molecule has 0 radical (unpaired) electrons. The molecule has 0 saturated heterocycles. The molecular weight excluding hydrogens is 246 g/mol. The topological polar surface area (TPSA) is 12.9 Å². The van der Waals surface area contributed by atoms with Crippen LogP contribution in [-0.2, 0) is 0 Å². The van der Waals surface area contributed by atoms with Crippen LogP contribution in [0.4, 0.5) is 0 Å². The maximum absolute atomic E-state index is 4.00. The molecule has 66 valence electrons. The molecule has 0 saturated carbocycles. The Labute approximate surface area is 89.6 Å². The van der Waals surface area contributed by atoms with Gasteiger partial charge in [-0.1, -0.05) is 0 Å². The third-order valence-electron chi connectivity index (χ3n) is 1.83. The van der Waals surface area contributed by atoms with Crippen molar-refractivity contribution < 1.29 is 0 Å². The molecule has 0 fully saturated rings. The van der Waals surface area contributed by atoms with Gasteiger partial charge in [0.05, 0.1) is 3.79 Å². The average Bonchev–Trinajstić information content (AvgIpc) is 2.47. The summed E-state index contributed by atoms with van der Waals surface area (Å²) in [6, 6.07) is 6.21. The van der Waals surface area contributed by atoms with Gasteiger partial charge in [0.1, 0.15) is 0 Å². The number of hydrogen-bond donors (Lipinski definition) is 0. The fourth-order valence-corrected chi connectivity index (χ4v) is 2.97. The SMILES string of the molecule is Cc1cc(Br)sc1-c1ccncc1. The van der Waals surface area contributed by atoms with Crippen molar-refractivity contribution in [3.8, 4) is 10.4 Å². The van der Waals surface area contributed by atoms with Crippen LogP contribution in [0, 0.1) is 6.92 Å². The van der Waals surface area contributed by atoms with E-state index in [2.05, 4.69) is 33.9 Å². The summed E-state index contributed by atoms with van der Waals surface area (Å²) >= 11 is 5.24. The maximum atomic E-state index is 4.00. The molecule has 0 unspecified atom stereocenters. The monoisotopic (exact) mass is 253 g/mol. The number of aromatic nitrogens is 1. The van der Waals surface area contributed by atoms with Gasteiger partial charge in [-0.3, -0.25) is 4.98 Å². The van der Waals surface area contributed by atoms with E-state index in [1.165, 1.54) is 19.8 Å². The molecule has 0 aliphatic carbocycles. The second-order valence-corrected chi connectivity index (χ2v) is 5.23.